The molecule has 0 aromatic heterocycles. The summed E-state index contributed by atoms with van der Waals surface area (Å²) in [6.07, 6.45) is 2.82. The van der Waals surface area contributed by atoms with Crippen LogP contribution in [0.25, 0.3) is 11.1 Å². The van der Waals surface area contributed by atoms with Crippen molar-refractivity contribution < 1.29 is 9.90 Å². The lowest BCUT2D eigenvalue weighted by Crippen LogP contribution is -2.44. The van der Waals surface area contributed by atoms with Gasteiger partial charge in [0.05, 0.1) is 6.04 Å². The molecule has 1 atom stereocenters. The van der Waals surface area contributed by atoms with Crippen molar-refractivity contribution in [2.75, 3.05) is 18.4 Å². The van der Waals surface area contributed by atoms with E-state index in [2.05, 4.69) is 54.0 Å². The number of phenols is 1. The zero-order valence-corrected chi connectivity index (χ0v) is 20.2. The number of urea groups is 1. The average molecular weight is 456 g/mol. The van der Waals surface area contributed by atoms with E-state index in [-0.39, 0.29) is 12.1 Å². The van der Waals surface area contributed by atoms with Gasteiger partial charge < -0.3 is 20.6 Å². The summed E-state index contributed by atoms with van der Waals surface area (Å²) < 4.78 is 0. The first-order valence-corrected chi connectivity index (χ1v) is 12.2. The molecular formula is C29H33N3O2. The van der Waals surface area contributed by atoms with Gasteiger partial charge in [0.25, 0.3) is 0 Å². The molecule has 3 N–H and O–H groups in total. The molecule has 5 nitrogen and oxygen atoms in total. The Kier molecular flexibility index (Phi) is 5.94. The van der Waals surface area contributed by atoms with E-state index in [0.717, 1.165) is 60.3 Å². The van der Waals surface area contributed by atoms with Crippen molar-refractivity contribution in [2.45, 2.75) is 52.6 Å². The van der Waals surface area contributed by atoms with Gasteiger partial charge in [0.15, 0.2) is 0 Å². The van der Waals surface area contributed by atoms with Crippen LogP contribution in [-0.2, 0) is 13.0 Å². The van der Waals surface area contributed by atoms with Gasteiger partial charge in [-0.2, -0.15) is 0 Å². The third-order valence-electron chi connectivity index (χ3n) is 7.20. The number of amides is 2. The normalized spacial score (nSPS) is 17.3. The Hall–Kier alpha value is -3.47. The van der Waals surface area contributed by atoms with Gasteiger partial charge in [0, 0.05) is 25.3 Å². The highest BCUT2D eigenvalue weighted by atomic mass is 16.3. The summed E-state index contributed by atoms with van der Waals surface area (Å²) in [5.41, 5.74) is 9.98. The lowest BCUT2D eigenvalue weighted by atomic mass is 9.93. The van der Waals surface area contributed by atoms with Crippen molar-refractivity contribution in [1.82, 2.24) is 10.2 Å². The molecule has 2 aliphatic rings. The number of aromatic hydroxyl groups is 1. The van der Waals surface area contributed by atoms with Crippen molar-refractivity contribution in [2.24, 2.45) is 0 Å². The Morgan fingerprint density at radius 3 is 2.59 bits per heavy atom. The Balaban J connectivity index is 1.35. The number of carbonyl (C=O) groups excluding carboxylic acids is 1. The van der Waals surface area contributed by atoms with Gasteiger partial charge in [-0.25, -0.2) is 4.79 Å². The predicted octanol–water partition coefficient (Wildman–Crippen LogP) is 6.00. The highest BCUT2D eigenvalue weighted by molar-refractivity contribution is 5.76. The van der Waals surface area contributed by atoms with E-state index in [9.17, 15) is 9.90 Å². The molecule has 0 saturated carbocycles. The van der Waals surface area contributed by atoms with Crippen molar-refractivity contribution in [1.29, 1.82) is 0 Å². The molecule has 3 aromatic carbocycles. The molecule has 0 aliphatic carbocycles. The third kappa shape index (κ3) is 4.35. The number of phenolic OH excluding ortho intramolecular Hbond substituents is 1. The van der Waals surface area contributed by atoms with Gasteiger partial charge in [-0.3, -0.25) is 0 Å². The van der Waals surface area contributed by atoms with E-state index in [1.165, 1.54) is 22.3 Å². The zero-order valence-electron chi connectivity index (χ0n) is 20.2. The number of anilines is 1. The average Bonchev–Trinajstić information content (AvgIpc) is 3.03. The van der Waals surface area contributed by atoms with E-state index in [1.54, 1.807) is 0 Å². The summed E-state index contributed by atoms with van der Waals surface area (Å²) in [6.45, 7) is 8.22. The van der Waals surface area contributed by atoms with Crippen molar-refractivity contribution in [3.63, 3.8) is 0 Å². The fraction of sp³-hybridized carbons (Fsp3) is 0.345. The number of hydrogen-bond acceptors (Lipinski definition) is 3. The quantitative estimate of drug-likeness (QED) is 0.444. The molecule has 0 bridgehead atoms. The smallest absolute Gasteiger partial charge is 0.318 e. The minimum Gasteiger partial charge on any atom is -0.507 e. The number of benzene rings is 3. The maximum absolute atomic E-state index is 13.3. The molecule has 0 spiro atoms. The van der Waals surface area contributed by atoms with Crippen molar-refractivity contribution >= 4 is 11.7 Å². The van der Waals surface area contributed by atoms with E-state index < -0.39 is 0 Å². The van der Waals surface area contributed by atoms with Gasteiger partial charge in [-0.05, 0) is 103 Å². The van der Waals surface area contributed by atoms with E-state index in [4.69, 9.17) is 0 Å². The lowest BCUT2D eigenvalue weighted by molar-refractivity contribution is 0.187. The minimum atomic E-state index is 0.00623. The number of hydrogen-bond donors (Lipinski definition) is 3. The number of nitrogens with one attached hydrogen (secondary N) is 2. The van der Waals surface area contributed by atoms with Gasteiger partial charge >= 0.3 is 6.03 Å². The van der Waals surface area contributed by atoms with Gasteiger partial charge in [-0.1, -0.05) is 29.8 Å². The first-order chi connectivity index (χ1) is 16.4. The predicted molar refractivity (Wildman–Crippen MR) is 137 cm³/mol. The van der Waals surface area contributed by atoms with Crippen LogP contribution in [0.5, 0.6) is 5.75 Å². The summed E-state index contributed by atoms with van der Waals surface area (Å²) in [4.78, 5) is 15.3. The molecule has 2 amide bonds. The van der Waals surface area contributed by atoms with E-state index in [1.807, 2.05) is 30.9 Å². The zero-order chi connectivity index (χ0) is 23.8. The van der Waals surface area contributed by atoms with Gasteiger partial charge in [0.2, 0.25) is 0 Å². The first-order valence-electron chi connectivity index (χ1n) is 12.2. The number of carbonyl (C=O) groups is 1. The number of fused-ring (bicyclic) bond motifs is 2. The van der Waals surface area contributed by atoms with Gasteiger partial charge in [-0.15, -0.1) is 0 Å². The number of nitrogens with zero attached hydrogens (tertiary/aromatic N) is 1. The lowest BCUT2D eigenvalue weighted by Gasteiger charge is -2.31. The second-order valence-electron chi connectivity index (χ2n) is 9.78. The molecule has 1 unspecified atom stereocenters. The molecule has 0 fully saturated rings. The molecule has 5 heteroatoms. The number of aryl methyl sites for hydroxylation is 3. The molecule has 176 valence electrons. The monoisotopic (exact) mass is 455 g/mol. The maximum Gasteiger partial charge on any atom is 0.318 e. The molecule has 2 aliphatic heterocycles. The van der Waals surface area contributed by atoms with Crippen LogP contribution in [-0.4, -0.2) is 29.1 Å². The van der Waals surface area contributed by atoms with Crippen LogP contribution >= 0.6 is 0 Å². The summed E-state index contributed by atoms with van der Waals surface area (Å²) in [5.74, 6) is 0.357. The largest absolute Gasteiger partial charge is 0.507 e. The summed E-state index contributed by atoms with van der Waals surface area (Å²) in [5, 5.41) is 17.0. The van der Waals surface area contributed by atoms with Gasteiger partial charge in [0.1, 0.15) is 5.75 Å². The topological polar surface area (TPSA) is 64.6 Å². The second kappa shape index (κ2) is 9.05. The van der Waals surface area contributed by atoms with Crippen LogP contribution in [0, 0.1) is 20.8 Å². The standard InChI is InChI=1S/C29H33N3O2/c1-18-6-9-26-25(13-18)27(5-4-11-30-26)31-29(34)32-12-10-21-7-8-22(16-24(21)17-32)23-14-19(2)28(33)20(3)15-23/h6-9,13-16,27,30,33H,4-5,10-12,17H2,1-3H3,(H,31,34). The maximum atomic E-state index is 13.3. The Morgan fingerprint density at radius 1 is 1.00 bits per heavy atom. The van der Waals surface area contributed by atoms with Crippen LogP contribution in [0.15, 0.2) is 48.5 Å². The van der Waals surface area contributed by atoms with Crippen molar-refractivity contribution in [3.05, 3.63) is 81.9 Å². The number of rotatable bonds is 2. The Labute approximate surface area is 201 Å². The molecule has 2 heterocycles. The Morgan fingerprint density at radius 2 is 1.79 bits per heavy atom. The SMILES string of the molecule is Cc1ccc2c(c1)C(NC(=O)N1CCc3ccc(-c4cc(C)c(O)c(C)c4)cc3C1)CCCN2. The molecule has 0 radical (unpaired) electrons. The van der Waals surface area contributed by atoms with Crippen LogP contribution < -0.4 is 10.6 Å². The molecule has 3 aromatic rings. The molecular weight excluding hydrogens is 422 g/mol. The highest BCUT2D eigenvalue weighted by Gasteiger charge is 2.26. The minimum absolute atomic E-state index is 0.00623. The molecule has 34 heavy (non-hydrogen) atoms. The van der Waals surface area contributed by atoms with Crippen molar-refractivity contribution in [3.8, 4) is 16.9 Å². The van der Waals surface area contributed by atoms with E-state index in [0.29, 0.717) is 12.3 Å². The van der Waals surface area contributed by atoms with Crippen LogP contribution in [0.2, 0.25) is 0 Å². The molecule has 0 saturated heterocycles. The van der Waals surface area contributed by atoms with Crippen LogP contribution in [0.3, 0.4) is 0 Å². The summed E-state index contributed by atoms with van der Waals surface area (Å²) >= 11 is 0. The van der Waals surface area contributed by atoms with E-state index >= 15 is 0 Å². The Bertz CT molecular complexity index is 1230. The summed E-state index contributed by atoms with van der Waals surface area (Å²) in [7, 11) is 0. The second-order valence-corrected chi connectivity index (χ2v) is 9.78. The highest BCUT2D eigenvalue weighted by Crippen LogP contribution is 2.33. The van der Waals surface area contributed by atoms with Crippen LogP contribution in [0.1, 0.15) is 52.3 Å². The fourth-order valence-electron chi connectivity index (χ4n) is 5.24. The molecule has 5 rings (SSSR count). The summed E-state index contributed by atoms with van der Waals surface area (Å²) in [6, 6.07) is 17.1. The fourth-order valence-corrected chi connectivity index (χ4v) is 5.24. The van der Waals surface area contributed by atoms with Crippen LogP contribution in [0.4, 0.5) is 10.5 Å². The third-order valence-corrected chi connectivity index (χ3v) is 7.20. The first kappa shape index (κ1) is 22.3.